The van der Waals surface area contributed by atoms with Crippen LogP contribution in [0.5, 0.6) is 0 Å². The Morgan fingerprint density at radius 3 is 3.00 bits per heavy atom. The molecule has 0 aromatic carbocycles. The SMILES string of the molecule is Cc1nc(Br)cc(NCC2CCOC2C)n1. The van der Waals surface area contributed by atoms with Crippen LogP contribution in [0.15, 0.2) is 10.7 Å². The van der Waals surface area contributed by atoms with Crippen LogP contribution in [0.25, 0.3) is 0 Å². The van der Waals surface area contributed by atoms with Crippen molar-refractivity contribution in [1.82, 2.24) is 9.97 Å². The van der Waals surface area contributed by atoms with E-state index in [4.69, 9.17) is 4.74 Å². The van der Waals surface area contributed by atoms with E-state index in [9.17, 15) is 0 Å². The molecule has 1 aromatic rings. The first-order valence-corrected chi connectivity index (χ1v) is 6.31. The average molecular weight is 286 g/mol. The Kier molecular flexibility index (Phi) is 3.76. The maximum absolute atomic E-state index is 5.52. The molecule has 1 aliphatic heterocycles. The summed E-state index contributed by atoms with van der Waals surface area (Å²) in [7, 11) is 0. The Morgan fingerprint density at radius 1 is 1.56 bits per heavy atom. The first kappa shape index (κ1) is 11.8. The molecule has 0 spiro atoms. The highest BCUT2D eigenvalue weighted by Gasteiger charge is 2.23. The number of ether oxygens (including phenoxy) is 1. The summed E-state index contributed by atoms with van der Waals surface area (Å²) in [6, 6.07) is 1.90. The maximum Gasteiger partial charge on any atom is 0.130 e. The molecule has 88 valence electrons. The first-order chi connectivity index (χ1) is 7.65. The van der Waals surface area contributed by atoms with Crippen molar-refractivity contribution < 1.29 is 4.74 Å². The van der Waals surface area contributed by atoms with E-state index < -0.39 is 0 Å². The molecule has 1 fully saturated rings. The normalized spacial score (nSPS) is 24.7. The minimum absolute atomic E-state index is 0.346. The second-order valence-electron chi connectivity index (χ2n) is 4.13. The Morgan fingerprint density at radius 2 is 2.38 bits per heavy atom. The van der Waals surface area contributed by atoms with Crippen LogP contribution in [0, 0.1) is 12.8 Å². The van der Waals surface area contributed by atoms with Crippen LogP contribution >= 0.6 is 15.9 Å². The summed E-state index contributed by atoms with van der Waals surface area (Å²) >= 11 is 3.36. The van der Waals surface area contributed by atoms with Crippen LogP contribution in [0.3, 0.4) is 0 Å². The van der Waals surface area contributed by atoms with Gasteiger partial charge in [0, 0.05) is 25.1 Å². The summed E-state index contributed by atoms with van der Waals surface area (Å²) in [4.78, 5) is 8.50. The number of anilines is 1. The topological polar surface area (TPSA) is 47.0 Å². The fraction of sp³-hybridized carbons (Fsp3) is 0.636. The number of aryl methyl sites for hydroxylation is 1. The molecular formula is C11H16BrN3O. The van der Waals surface area contributed by atoms with E-state index in [1.54, 1.807) is 0 Å². The van der Waals surface area contributed by atoms with Gasteiger partial charge in [-0.1, -0.05) is 0 Å². The van der Waals surface area contributed by atoms with Crippen LogP contribution < -0.4 is 5.32 Å². The lowest BCUT2D eigenvalue weighted by molar-refractivity contribution is 0.108. The van der Waals surface area contributed by atoms with Crippen molar-refractivity contribution in [3.63, 3.8) is 0 Å². The third-order valence-electron chi connectivity index (χ3n) is 2.89. The fourth-order valence-electron chi connectivity index (χ4n) is 1.90. The van der Waals surface area contributed by atoms with Gasteiger partial charge in [0.05, 0.1) is 6.10 Å². The highest BCUT2D eigenvalue weighted by atomic mass is 79.9. The van der Waals surface area contributed by atoms with Gasteiger partial charge in [-0.3, -0.25) is 0 Å². The molecule has 4 nitrogen and oxygen atoms in total. The van der Waals surface area contributed by atoms with Gasteiger partial charge in [0.1, 0.15) is 16.2 Å². The number of rotatable bonds is 3. The zero-order valence-electron chi connectivity index (χ0n) is 9.53. The molecule has 1 aliphatic rings. The van der Waals surface area contributed by atoms with Crippen LogP contribution in [-0.2, 0) is 4.74 Å². The van der Waals surface area contributed by atoms with Gasteiger partial charge in [-0.05, 0) is 36.2 Å². The van der Waals surface area contributed by atoms with Gasteiger partial charge < -0.3 is 10.1 Å². The average Bonchev–Trinajstić information content (AvgIpc) is 2.59. The molecule has 5 heteroatoms. The third kappa shape index (κ3) is 2.92. The Hall–Kier alpha value is -0.680. The summed E-state index contributed by atoms with van der Waals surface area (Å²) in [6.07, 6.45) is 1.47. The summed E-state index contributed by atoms with van der Waals surface area (Å²) in [5.41, 5.74) is 0. The minimum Gasteiger partial charge on any atom is -0.378 e. The molecule has 0 amide bonds. The molecule has 2 unspecified atom stereocenters. The second kappa shape index (κ2) is 5.10. The molecule has 2 rings (SSSR count). The zero-order chi connectivity index (χ0) is 11.5. The maximum atomic E-state index is 5.52. The number of aromatic nitrogens is 2. The van der Waals surface area contributed by atoms with E-state index in [0.717, 1.165) is 35.8 Å². The Balaban J connectivity index is 1.94. The Bertz CT molecular complexity index is 352. The molecule has 16 heavy (non-hydrogen) atoms. The number of nitrogens with zero attached hydrogens (tertiary/aromatic N) is 2. The zero-order valence-corrected chi connectivity index (χ0v) is 11.1. The second-order valence-corrected chi connectivity index (χ2v) is 4.94. The fourth-order valence-corrected chi connectivity index (χ4v) is 2.38. The van der Waals surface area contributed by atoms with Crippen LogP contribution in [0.4, 0.5) is 5.82 Å². The highest BCUT2D eigenvalue weighted by Crippen LogP contribution is 2.21. The summed E-state index contributed by atoms with van der Waals surface area (Å²) < 4.78 is 6.34. The van der Waals surface area contributed by atoms with E-state index in [2.05, 4.69) is 38.1 Å². The quantitative estimate of drug-likeness (QED) is 0.867. The van der Waals surface area contributed by atoms with Crippen molar-refractivity contribution in [3.8, 4) is 0 Å². The molecular weight excluding hydrogens is 270 g/mol. The van der Waals surface area contributed by atoms with Gasteiger partial charge in [0.15, 0.2) is 0 Å². The van der Waals surface area contributed by atoms with Crippen molar-refractivity contribution >= 4 is 21.7 Å². The summed E-state index contributed by atoms with van der Waals surface area (Å²) in [5, 5.41) is 3.34. The first-order valence-electron chi connectivity index (χ1n) is 5.52. The number of nitrogens with one attached hydrogen (secondary N) is 1. The van der Waals surface area contributed by atoms with Crippen molar-refractivity contribution in [1.29, 1.82) is 0 Å². The van der Waals surface area contributed by atoms with Gasteiger partial charge in [-0.15, -0.1) is 0 Å². The highest BCUT2D eigenvalue weighted by molar-refractivity contribution is 9.10. The smallest absolute Gasteiger partial charge is 0.130 e. The van der Waals surface area contributed by atoms with Crippen LogP contribution in [0.2, 0.25) is 0 Å². The van der Waals surface area contributed by atoms with Gasteiger partial charge >= 0.3 is 0 Å². The lowest BCUT2D eigenvalue weighted by atomic mass is 10.0. The van der Waals surface area contributed by atoms with E-state index in [1.165, 1.54) is 0 Å². The molecule has 0 radical (unpaired) electrons. The van der Waals surface area contributed by atoms with Gasteiger partial charge in [-0.25, -0.2) is 9.97 Å². The van der Waals surface area contributed by atoms with Gasteiger partial charge in [0.2, 0.25) is 0 Å². The molecule has 1 N–H and O–H groups in total. The van der Waals surface area contributed by atoms with Gasteiger partial charge in [0.25, 0.3) is 0 Å². The van der Waals surface area contributed by atoms with Crippen LogP contribution in [-0.4, -0.2) is 29.2 Å². The van der Waals surface area contributed by atoms with E-state index in [0.29, 0.717) is 12.0 Å². The molecule has 1 aromatic heterocycles. The lowest BCUT2D eigenvalue weighted by Crippen LogP contribution is -2.21. The summed E-state index contributed by atoms with van der Waals surface area (Å²) in [5.74, 6) is 2.22. The predicted molar refractivity (Wildman–Crippen MR) is 66.5 cm³/mol. The number of hydrogen-bond donors (Lipinski definition) is 1. The van der Waals surface area contributed by atoms with Crippen molar-refractivity contribution in [2.45, 2.75) is 26.4 Å². The molecule has 0 aliphatic carbocycles. The number of halogens is 1. The van der Waals surface area contributed by atoms with Crippen molar-refractivity contribution in [3.05, 3.63) is 16.5 Å². The number of hydrogen-bond acceptors (Lipinski definition) is 4. The molecule has 0 bridgehead atoms. The van der Waals surface area contributed by atoms with E-state index >= 15 is 0 Å². The van der Waals surface area contributed by atoms with E-state index in [-0.39, 0.29) is 0 Å². The monoisotopic (exact) mass is 285 g/mol. The lowest BCUT2D eigenvalue weighted by Gasteiger charge is -2.15. The molecule has 1 saturated heterocycles. The molecule has 2 heterocycles. The standard InChI is InChI=1S/C11H16BrN3O/c1-7-9(3-4-16-7)6-13-11-5-10(12)14-8(2)15-11/h5,7,9H,3-4,6H2,1-2H3,(H,13,14,15). The largest absolute Gasteiger partial charge is 0.378 e. The van der Waals surface area contributed by atoms with Crippen molar-refractivity contribution in [2.24, 2.45) is 5.92 Å². The Labute approximate surface area is 104 Å². The summed E-state index contributed by atoms with van der Waals surface area (Å²) in [6.45, 7) is 5.79. The third-order valence-corrected chi connectivity index (χ3v) is 3.29. The minimum atomic E-state index is 0.346. The molecule has 0 saturated carbocycles. The van der Waals surface area contributed by atoms with Crippen LogP contribution in [0.1, 0.15) is 19.2 Å². The van der Waals surface area contributed by atoms with Gasteiger partial charge in [-0.2, -0.15) is 0 Å². The van der Waals surface area contributed by atoms with E-state index in [1.807, 2.05) is 13.0 Å². The predicted octanol–water partition coefficient (Wildman–Crippen LogP) is 2.38. The molecule has 2 atom stereocenters. The van der Waals surface area contributed by atoms with Crippen molar-refractivity contribution in [2.75, 3.05) is 18.5 Å².